The molecule has 0 amide bonds. The predicted molar refractivity (Wildman–Crippen MR) is 143 cm³/mol. The number of aryl methyl sites for hydroxylation is 2. The summed E-state index contributed by atoms with van der Waals surface area (Å²) >= 11 is 0. The Bertz CT molecular complexity index is 1650. The molecule has 0 saturated heterocycles. The molecule has 5 aromatic rings. The van der Waals surface area contributed by atoms with Gasteiger partial charge in [0.1, 0.15) is 17.0 Å². The van der Waals surface area contributed by atoms with E-state index in [0.717, 1.165) is 11.1 Å². The van der Waals surface area contributed by atoms with Gasteiger partial charge in [-0.05, 0) is 50.2 Å². The Balaban J connectivity index is 1.65. The summed E-state index contributed by atoms with van der Waals surface area (Å²) in [6.07, 6.45) is -0.932. The van der Waals surface area contributed by atoms with Crippen LogP contribution in [0.25, 0.3) is 11.0 Å². The quantitative estimate of drug-likeness (QED) is 0.233. The lowest BCUT2D eigenvalue weighted by Gasteiger charge is -2.22. The number of rotatable bonds is 8. The Hall–Kier alpha value is -4.50. The summed E-state index contributed by atoms with van der Waals surface area (Å²) < 4.78 is 34.2. The molecule has 0 spiro atoms. The van der Waals surface area contributed by atoms with E-state index in [1.165, 1.54) is 0 Å². The number of hydrazone groups is 1. The largest absolute Gasteiger partial charge is 0.463 e. The second-order valence-corrected chi connectivity index (χ2v) is 10.2. The van der Waals surface area contributed by atoms with Gasteiger partial charge < -0.3 is 4.74 Å². The van der Waals surface area contributed by atoms with E-state index in [4.69, 9.17) is 4.74 Å². The summed E-state index contributed by atoms with van der Waals surface area (Å²) in [5.74, 6) is 0.563. The number of nitrogens with zero attached hydrogens (tertiary/aromatic N) is 4. The van der Waals surface area contributed by atoms with Crippen LogP contribution in [0.2, 0.25) is 0 Å². The topological polar surface area (TPSA) is 98.5 Å². The second kappa shape index (κ2) is 10.2. The Morgan fingerprint density at radius 2 is 1.46 bits per heavy atom. The molecule has 1 atom stereocenters. The van der Waals surface area contributed by atoms with Crippen molar-refractivity contribution in [2.24, 2.45) is 5.10 Å². The van der Waals surface area contributed by atoms with Crippen molar-refractivity contribution in [3.63, 3.8) is 0 Å². The molecular formula is C28H25N5O3S. The monoisotopic (exact) mass is 511 g/mol. The maximum atomic E-state index is 13.1. The molecule has 0 fully saturated rings. The first-order valence-electron chi connectivity index (χ1n) is 11.7. The Morgan fingerprint density at radius 3 is 2.16 bits per heavy atom. The predicted octanol–water partition coefficient (Wildman–Crippen LogP) is 5.01. The molecule has 5 rings (SSSR count). The number of aromatic nitrogens is 3. The number of hydrogen-bond donors (Lipinski definition) is 1. The van der Waals surface area contributed by atoms with E-state index in [1.54, 1.807) is 28.9 Å². The fourth-order valence-corrected chi connectivity index (χ4v) is 4.59. The van der Waals surface area contributed by atoms with Crippen molar-refractivity contribution in [3.05, 3.63) is 120 Å². The van der Waals surface area contributed by atoms with Crippen molar-refractivity contribution in [1.82, 2.24) is 19.8 Å². The zero-order valence-electron chi connectivity index (χ0n) is 20.3. The fraction of sp³-hybridized carbons (Fsp3) is 0.107. The standard InChI is InChI=1S/C28H25N5O3S/c1-20-12-16-22(17-13-20)27(30-32-37(34,35)24-18-14-21(2)15-19-24)28(36-23-8-4-3-5-9-23)33-26-11-7-6-10-25(26)29-31-33/h3-19,28,32H,1-2H3. The first-order valence-corrected chi connectivity index (χ1v) is 13.1. The van der Waals surface area contributed by atoms with Crippen LogP contribution in [-0.4, -0.2) is 29.1 Å². The number of ether oxygens (including phenoxy) is 1. The number of para-hydroxylation sites is 2. The lowest BCUT2D eigenvalue weighted by molar-refractivity contribution is 0.188. The van der Waals surface area contributed by atoms with Crippen LogP contribution in [0, 0.1) is 13.8 Å². The first-order chi connectivity index (χ1) is 17.9. The van der Waals surface area contributed by atoms with E-state index in [9.17, 15) is 8.42 Å². The molecule has 1 heterocycles. The van der Waals surface area contributed by atoms with Crippen LogP contribution in [0.15, 0.2) is 113 Å². The molecule has 4 aromatic carbocycles. The second-order valence-electron chi connectivity index (χ2n) is 8.58. The van der Waals surface area contributed by atoms with Gasteiger partial charge >= 0.3 is 0 Å². The van der Waals surface area contributed by atoms with Crippen molar-refractivity contribution in [2.45, 2.75) is 25.0 Å². The highest BCUT2D eigenvalue weighted by atomic mass is 32.2. The zero-order valence-corrected chi connectivity index (χ0v) is 21.1. The van der Waals surface area contributed by atoms with Crippen LogP contribution in [0.4, 0.5) is 0 Å². The average Bonchev–Trinajstić information content (AvgIpc) is 3.34. The molecule has 186 valence electrons. The normalized spacial score (nSPS) is 12.9. The molecular weight excluding hydrogens is 486 g/mol. The molecule has 0 bridgehead atoms. The third-order valence-corrected chi connectivity index (χ3v) is 7.01. The van der Waals surface area contributed by atoms with Crippen LogP contribution >= 0.6 is 0 Å². The van der Waals surface area contributed by atoms with Gasteiger partial charge in [0.15, 0.2) is 0 Å². The van der Waals surface area contributed by atoms with Crippen molar-refractivity contribution < 1.29 is 13.2 Å². The lowest BCUT2D eigenvalue weighted by Crippen LogP contribution is -2.30. The van der Waals surface area contributed by atoms with Crippen LogP contribution in [-0.2, 0) is 10.0 Å². The van der Waals surface area contributed by atoms with Crippen molar-refractivity contribution in [1.29, 1.82) is 0 Å². The SMILES string of the molecule is Cc1ccc(C(=NNS(=O)(=O)c2ccc(C)cc2)C(Oc2ccccc2)n2nnc3ccccc32)cc1. The number of hydrogen-bond acceptors (Lipinski definition) is 6. The van der Waals surface area contributed by atoms with E-state index in [2.05, 4.69) is 20.2 Å². The summed E-state index contributed by atoms with van der Waals surface area (Å²) in [7, 11) is -3.94. The summed E-state index contributed by atoms with van der Waals surface area (Å²) in [6, 6.07) is 30.9. The smallest absolute Gasteiger partial charge is 0.276 e. The first kappa shape index (κ1) is 24.2. The van der Waals surface area contributed by atoms with Gasteiger partial charge in [-0.15, -0.1) is 5.10 Å². The van der Waals surface area contributed by atoms with Gasteiger partial charge in [0.25, 0.3) is 10.0 Å². The zero-order chi connectivity index (χ0) is 25.8. The van der Waals surface area contributed by atoms with Crippen LogP contribution < -0.4 is 9.57 Å². The molecule has 0 radical (unpaired) electrons. The van der Waals surface area contributed by atoms with Gasteiger partial charge in [0.2, 0.25) is 6.23 Å². The highest BCUT2D eigenvalue weighted by molar-refractivity contribution is 7.89. The minimum absolute atomic E-state index is 0.108. The highest BCUT2D eigenvalue weighted by Gasteiger charge is 2.27. The molecule has 0 aliphatic heterocycles. The molecule has 0 aliphatic rings. The third kappa shape index (κ3) is 5.36. The molecule has 1 N–H and O–H groups in total. The van der Waals surface area contributed by atoms with E-state index in [0.29, 0.717) is 28.1 Å². The van der Waals surface area contributed by atoms with Crippen molar-refractivity contribution in [3.8, 4) is 5.75 Å². The van der Waals surface area contributed by atoms with Crippen LogP contribution in [0.1, 0.15) is 22.9 Å². The van der Waals surface area contributed by atoms with E-state index in [1.807, 2.05) is 92.7 Å². The highest BCUT2D eigenvalue weighted by Crippen LogP contribution is 2.25. The number of nitrogens with one attached hydrogen (secondary N) is 1. The molecule has 0 saturated carbocycles. The number of sulfonamides is 1. The van der Waals surface area contributed by atoms with Crippen LogP contribution in [0.3, 0.4) is 0 Å². The Labute approximate surface area is 215 Å². The molecule has 37 heavy (non-hydrogen) atoms. The molecule has 8 nitrogen and oxygen atoms in total. The summed E-state index contributed by atoms with van der Waals surface area (Å²) in [4.78, 5) is 2.51. The number of fused-ring (bicyclic) bond motifs is 1. The lowest BCUT2D eigenvalue weighted by atomic mass is 10.1. The van der Waals surface area contributed by atoms with Crippen LogP contribution in [0.5, 0.6) is 5.75 Å². The van der Waals surface area contributed by atoms with E-state index >= 15 is 0 Å². The minimum atomic E-state index is -3.94. The summed E-state index contributed by atoms with van der Waals surface area (Å²) in [6.45, 7) is 3.87. The third-order valence-electron chi connectivity index (χ3n) is 5.79. The average molecular weight is 512 g/mol. The molecule has 1 unspecified atom stereocenters. The summed E-state index contributed by atoms with van der Waals surface area (Å²) in [5, 5.41) is 13.0. The van der Waals surface area contributed by atoms with Crippen molar-refractivity contribution >= 4 is 26.8 Å². The Morgan fingerprint density at radius 1 is 0.838 bits per heavy atom. The molecule has 9 heteroatoms. The fourth-order valence-electron chi connectivity index (χ4n) is 3.78. The van der Waals surface area contributed by atoms with Gasteiger partial charge in [0.05, 0.1) is 10.4 Å². The summed E-state index contributed by atoms with van der Waals surface area (Å²) in [5.41, 5.74) is 4.37. The minimum Gasteiger partial charge on any atom is -0.463 e. The van der Waals surface area contributed by atoms with Gasteiger partial charge in [-0.2, -0.15) is 23.0 Å². The van der Waals surface area contributed by atoms with E-state index < -0.39 is 16.3 Å². The van der Waals surface area contributed by atoms with Gasteiger partial charge in [-0.25, -0.2) is 0 Å². The Kier molecular flexibility index (Phi) is 6.70. The van der Waals surface area contributed by atoms with E-state index in [-0.39, 0.29) is 4.90 Å². The molecule has 1 aromatic heterocycles. The maximum Gasteiger partial charge on any atom is 0.276 e. The number of benzene rings is 4. The van der Waals surface area contributed by atoms with Gasteiger partial charge in [0, 0.05) is 5.56 Å². The van der Waals surface area contributed by atoms with Gasteiger partial charge in [-0.3, -0.25) is 0 Å². The molecule has 0 aliphatic carbocycles. The van der Waals surface area contributed by atoms with Crippen molar-refractivity contribution in [2.75, 3.05) is 0 Å². The maximum absolute atomic E-state index is 13.1. The van der Waals surface area contributed by atoms with Gasteiger partial charge in [-0.1, -0.05) is 83.1 Å².